The molecule has 0 aliphatic heterocycles. The molecule has 0 spiro atoms. The van der Waals surface area contributed by atoms with Crippen LogP contribution in [0.5, 0.6) is 0 Å². The van der Waals surface area contributed by atoms with E-state index in [1.807, 2.05) is 12.1 Å². The molecule has 0 aliphatic rings. The predicted molar refractivity (Wildman–Crippen MR) is 72.6 cm³/mol. The van der Waals surface area contributed by atoms with Crippen molar-refractivity contribution < 1.29 is 0 Å². The van der Waals surface area contributed by atoms with Crippen LogP contribution in [0.4, 0.5) is 0 Å². The standard InChI is InChI=1S/C13H16BrN3/c1-2-13(10-4-3-5-11(14)8-10)15-9-12-6-7-16-17-12/h3-8,13,15H,2,9H2,1H3,(H,16,17). The monoisotopic (exact) mass is 293 g/mol. The fourth-order valence-corrected chi connectivity index (χ4v) is 2.25. The number of aromatic nitrogens is 2. The van der Waals surface area contributed by atoms with E-state index in [1.165, 1.54) is 5.56 Å². The zero-order chi connectivity index (χ0) is 12.1. The summed E-state index contributed by atoms with van der Waals surface area (Å²) in [6, 6.07) is 10.8. The molecule has 0 saturated carbocycles. The Morgan fingerprint density at radius 2 is 2.29 bits per heavy atom. The topological polar surface area (TPSA) is 40.7 Å². The highest BCUT2D eigenvalue weighted by molar-refractivity contribution is 9.10. The van der Waals surface area contributed by atoms with E-state index in [2.05, 4.69) is 56.6 Å². The van der Waals surface area contributed by atoms with Crippen molar-refractivity contribution in [2.24, 2.45) is 0 Å². The normalized spacial score (nSPS) is 12.6. The van der Waals surface area contributed by atoms with Crippen LogP contribution in [0.1, 0.15) is 30.6 Å². The number of nitrogens with zero attached hydrogens (tertiary/aromatic N) is 1. The van der Waals surface area contributed by atoms with Gasteiger partial charge in [-0.05, 0) is 30.2 Å². The average molecular weight is 294 g/mol. The molecule has 1 aromatic heterocycles. The molecule has 0 fully saturated rings. The minimum atomic E-state index is 0.371. The van der Waals surface area contributed by atoms with Gasteiger partial charge in [0.15, 0.2) is 0 Å². The molecule has 90 valence electrons. The smallest absolute Gasteiger partial charge is 0.0490 e. The third-order valence-corrected chi connectivity index (χ3v) is 3.25. The molecule has 0 amide bonds. The second-order valence-corrected chi connectivity index (χ2v) is 4.89. The van der Waals surface area contributed by atoms with Crippen LogP contribution in [0.25, 0.3) is 0 Å². The Morgan fingerprint density at radius 3 is 2.94 bits per heavy atom. The van der Waals surface area contributed by atoms with E-state index >= 15 is 0 Å². The maximum Gasteiger partial charge on any atom is 0.0490 e. The summed E-state index contributed by atoms with van der Waals surface area (Å²) < 4.78 is 1.12. The SMILES string of the molecule is CCC(NCc1ccn[nH]1)c1cccc(Br)c1. The molecule has 2 aromatic rings. The van der Waals surface area contributed by atoms with Crippen LogP contribution >= 0.6 is 15.9 Å². The Bertz CT molecular complexity index is 453. The average Bonchev–Trinajstić information content (AvgIpc) is 2.83. The first-order valence-electron chi connectivity index (χ1n) is 5.76. The number of nitrogens with one attached hydrogen (secondary N) is 2. The Kier molecular flexibility index (Phi) is 4.34. The van der Waals surface area contributed by atoms with Gasteiger partial charge < -0.3 is 5.32 Å². The van der Waals surface area contributed by atoms with E-state index in [1.54, 1.807) is 6.20 Å². The molecule has 3 nitrogen and oxygen atoms in total. The lowest BCUT2D eigenvalue weighted by molar-refractivity contribution is 0.513. The highest BCUT2D eigenvalue weighted by Crippen LogP contribution is 2.20. The van der Waals surface area contributed by atoms with E-state index in [9.17, 15) is 0 Å². The molecule has 1 aromatic carbocycles. The summed E-state index contributed by atoms with van der Waals surface area (Å²) in [5.41, 5.74) is 2.42. The molecular formula is C13H16BrN3. The molecule has 4 heteroatoms. The van der Waals surface area contributed by atoms with Crippen molar-refractivity contribution >= 4 is 15.9 Å². The predicted octanol–water partition coefficient (Wildman–Crippen LogP) is 3.41. The lowest BCUT2D eigenvalue weighted by Gasteiger charge is -2.17. The van der Waals surface area contributed by atoms with Gasteiger partial charge in [-0.1, -0.05) is 35.0 Å². The van der Waals surface area contributed by atoms with E-state index in [4.69, 9.17) is 0 Å². The first kappa shape index (κ1) is 12.3. The number of aromatic amines is 1. The fraction of sp³-hybridized carbons (Fsp3) is 0.308. The zero-order valence-electron chi connectivity index (χ0n) is 9.78. The minimum absolute atomic E-state index is 0.371. The van der Waals surface area contributed by atoms with Crippen LogP contribution in [0.3, 0.4) is 0 Å². The molecular weight excluding hydrogens is 278 g/mol. The van der Waals surface area contributed by atoms with Crippen molar-refractivity contribution in [1.82, 2.24) is 15.5 Å². The molecule has 2 N–H and O–H groups in total. The van der Waals surface area contributed by atoms with E-state index in [-0.39, 0.29) is 0 Å². The van der Waals surface area contributed by atoms with Gasteiger partial charge in [0.2, 0.25) is 0 Å². The molecule has 17 heavy (non-hydrogen) atoms. The maximum absolute atomic E-state index is 3.94. The quantitative estimate of drug-likeness (QED) is 0.887. The van der Waals surface area contributed by atoms with Crippen molar-refractivity contribution in [1.29, 1.82) is 0 Å². The van der Waals surface area contributed by atoms with Crippen molar-refractivity contribution in [2.45, 2.75) is 25.9 Å². The Balaban J connectivity index is 2.01. The molecule has 2 rings (SSSR count). The minimum Gasteiger partial charge on any atom is -0.304 e. The van der Waals surface area contributed by atoms with Gasteiger partial charge in [-0.3, -0.25) is 5.10 Å². The lowest BCUT2D eigenvalue weighted by Crippen LogP contribution is -2.20. The molecule has 0 saturated heterocycles. The second kappa shape index (κ2) is 5.98. The van der Waals surface area contributed by atoms with Crippen LogP contribution in [0.15, 0.2) is 41.0 Å². The number of H-pyrrole nitrogens is 1. The van der Waals surface area contributed by atoms with E-state index < -0.39 is 0 Å². The first-order chi connectivity index (χ1) is 8.29. The highest BCUT2D eigenvalue weighted by Gasteiger charge is 2.08. The summed E-state index contributed by atoms with van der Waals surface area (Å²) in [4.78, 5) is 0. The summed E-state index contributed by atoms with van der Waals surface area (Å²) >= 11 is 3.51. The maximum atomic E-state index is 3.94. The fourth-order valence-electron chi connectivity index (χ4n) is 1.84. The molecule has 0 aliphatic carbocycles. The highest BCUT2D eigenvalue weighted by atomic mass is 79.9. The van der Waals surface area contributed by atoms with Crippen molar-refractivity contribution in [2.75, 3.05) is 0 Å². The second-order valence-electron chi connectivity index (χ2n) is 3.98. The summed E-state index contributed by atoms with van der Waals surface area (Å²) in [5, 5.41) is 10.4. The summed E-state index contributed by atoms with van der Waals surface area (Å²) in [6.07, 6.45) is 2.83. The molecule has 1 atom stereocenters. The van der Waals surface area contributed by atoms with Crippen molar-refractivity contribution in [3.63, 3.8) is 0 Å². The number of hydrogen-bond acceptors (Lipinski definition) is 2. The summed E-state index contributed by atoms with van der Waals surface area (Å²) in [7, 11) is 0. The lowest BCUT2D eigenvalue weighted by atomic mass is 10.0. The molecule has 0 radical (unpaired) electrons. The van der Waals surface area contributed by atoms with E-state index in [0.29, 0.717) is 6.04 Å². The van der Waals surface area contributed by atoms with Crippen LogP contribution in [-0.4, -0.2) is 10.2 Å². The summed E-state index contributed by atoms with van der Waals surface area (Å²) in [6.45, 7) is 3.00. The molecule has 0 bridgehead atoms. The summed E-state index contributed by atoms with van der Waals surface area (Å²) in [5.74, 6) is 0. The third kappa shape index (κ3) is 3.41. The van der Waals surface area contributed by atoms with Gasteiger partial charge in [-0.2, -0.15) is 5.10 Å². The van der Waals surface area contributed by atoms with Crippen LogP contribution < -0.4 is 5.32 Å². The van der Waals surface area contributed by atoms with Gasteiger partial charge in [-0.15, -0.1) is 0 Å². The first-order valence-corrected chi connectivity index (χ1v) is 6.56. The number of hydrogen-bond donors (Lipinski definition) is 2. The zero-order valence-corrected chi connectivity index (χ0v) is 11.4. The van der Waals surface area contributed by atoms with Gasteiger partial charge in [0.1, 0.15) is 0 Å². The van der Waals surface area contributed by atoms with Gasteiger partial charge in [-0.25, -0.2) is 0 Å². The van der Waals surface area contributed by atoms with Gasteiger partial charge in [0.25, 0.3) is 0 Å². The number of rotatable bonds is 5. The molecule has 1 unspecified atom stereocenters. The van der Waals surface area contributed by atoms with Gasteiger partial charge >= 0.3 is 0 Å². The Hall–Kier alpha value is -1.13. The third-order valence-electron chi connectivity index (χ3n) is 2.76. The number of halogens is 1. The van der Waals surface area contributed by atoms with Crippen LogP contribution in [0.2, 0.25) is 0 Å². The van der Waals surface area contributed by atoms with Crippen molar-refractivity contribution in [3.8, 4) is 0 Å². The van der Waals surface area contributed by atoms with Crippen LogP contribution in [0, 0.1) is 0 Å². The molecule has 1 heterocycles. The van der Waals surface area contributed by atoms with Gasteiger partial charge in [0, 0.05) is 29.0 Å². The number of benzene rings is 1. The largest absolute Gasteiger partial charge is 0.304 e. The van der Waals surface area contributed by atoms with E-state index in [0.717, 1.165) is 23.1 Å². The van der Waals surface area contributed by atoms with Crippen molar-refractivity contribution in [3.05, 3.63) is 52.3 Å². The Labute approximate surface area is 110 Å². The van der Waals surface area contributed by atoms with Crippen LogP contribution in [-0.2, 0) is 6.54 Å². The van der Waals surface area contributed by atoms with Gasteiger partial charge in [0.05, 0.1) is 0 Å². The Morgan fingerprint density at radius 1 is 1.41 bits per heavy atom.